The third-order valence-corrected chi connectivity index (χ3v) is 3.47. The van der Waals surface area contributed by atoms with Crippen LogP contribution >= 0.6 is 0 Å². The first-order chi connectivity index (χ1) is 11.1. The minimum absolute atomic E-state index is 0.111. The van der Waals surface area contributed by atoms with Gasteiger partial charge in [0, 0.05) is 11.6 Å². The van der Waals surface area contributed by atoms with Gasteiger partial charge in [-0.1, -0.05) is 12.1 Å². The van der Waals surface area contributed by atoms with Gasteiger partial charge in [-0.2, -0.15) is 0 Å². The Morgan fingerprint density at radius 2 is 1.57 bits per heavy atom. The van der Waals surface area contributed by atoms with Gasteiger partial charge in [0.05, 0.1) is 18.2 Å². The fourth-order valence-corrected chi connectivity index (χ4v) is 2.29. The molecule has 0 saturated heterocycles. The molecule has 2 aromatic rings. The van der Waals surface area contributed by atoms with Crippen molar-refractivity contribution in [2.45, 2.75) is 0 Å². The third kappa shape index (κ3) is 2.83. The van der Waals surface area contributed by atoms with E-state index in [-0.39, 0.29) is 17.1 Å². The van der Waals surface area contributed by atoms with Crippen LogP contribution in [0.25, 0.3) is 0 Å². The summed E-state index contributed by atoms with van der Waals surface area (Å²) in [5.74, 6) is -0.215. The van der Waals surface area contributed by atoms with Gasteiger partial charge in [-0.05, 0) is 18.2 Å². The second-order valence-corrected chi connectivity index (χ2v) is 4.91. The zero-order chi connectivity index (χ0) is 16.4. The van der Waals surface area contributed by atoms with E-state index in [9.17, 15) is 14.7 Å². The van der Waals surface area contributed by atoms with Crippen LogP contribution in [-0.2, 0) is 4.74 Å². The Morgan fingerprint density at radius 1 is 1.00 bits per heavy atom. The quantitative estimate of drug-likeness (QED) is 0.691. The minimum Gasteiger partial charge on any atom is -0.507 e. The third-order valence-electron chi connectivity index (χ3n) is 3.47. The van der Waals surface area contributed by atoms with Gasteiger partial charge in [0.25, 0.3) is 0 Å². The van der Waals surface area contributed by atoms with Crippen molar-refractivity contribution in [3.05, 3.63) is 53.1 Å². The molecular weight excluding hydrogens is 300 g/mol. The smallest absolute Gasteiger partial charge is 0.337 e. The highest BCUT2D eigenvalue weighted by atomic mass is 16.6. The monoisotopic (exact) mass is 314 g/mol. The predicted octanol–water partition coefficient (Wildman–Crippen LogP) is 2.18. The largest absolute Gasteiger partial charge is 0.507 e. The van der Waals surface area contributed by atoms with Crippen molar-refractivity contribution in [2.75, 3.05) is 20.3 Å². The lowest BCUT2D eigenvalue weighted by Gasteiger charge is -2.19. The van der Waals surface area contributed by atoms with Gasteiger partial charge in [0.2, 0.25) is 0 Å². The average Bonchev–Trinajstić information content (AvgIpc) is 2.60. The van der Waals surface area contributed by atoms with Crippen LogP contribution in [0.5, 0.6) is 17.2 Å². The average molecular weight is 314 g/mol. The van der Waals surface area contributed by atoms with Crippen molar-refractivity contribution in [3.8, 4) is 17.2 Å². The molecule has 0 radical (unpaired) electrons. The molecule has 0 unspecified atom stereocenters. The number of carbonyl (C=O) groups excluding carboxylic acids is 2. The molecule has 0 fully saturated rings. The maximum atomic E-state index is 12.5. The molecule has 23 heavy (non-hydrogen) atoms. The zero-order valence-corrected chi connectivity index (χ0v) is 12.4. The highest BCUT2D eigenvalue weighted by Crippen LogP contribution is 2.37. The number of phenols is 1. The number of carbonyl (C=O) groups is 2. The minimum atomic E-state index is -0.480. The summed E-state index contributed by atoms with van der Waals surface area (Å²) >= 11 is 0. The topological polar surface area (TPSA) is 82.1 Å². The molecule has 1 aliphatic heterocycles. The van der Waals surface area contributed by atoms with E-state index in [1.807, 2.05) is 0 Å². The molecule has 2 aromatic carbocycles. The molecule has 6 heteroatoms. The molecule has 0 aliphatic carbocycles. The van der Waals surface area contributed by atoms with Crippen LogP contribution in [0.2, 0.25) is 0 Å². The Morgan fingerprint density at radius 3 is 2.17 bits per heavy atom. The van der Waals surface area contributed by atoms with Gasteiger partial charge >= 0.3 is 5.97 Å². The van der Waals surface area contributed by atoms with Crippen molar-refractivity contribution in [3.63, 3.8) is 0 Å². The van der Waals surface area contributed by atoms with Crippen molar-refractivity contribution in [1.82, 2.24) is 0 Å². The second kappa shape index (κ2) is 6.00. The summed E-state index contributed by atoms with van der Waals surface area (Å²) in [6.45, 7) is 0.786. The number of phenolic OH excluding ortho intramolecular Hbond substituents is 1. The van der Waals surface area contributed by atoms with E-state index in [1.54, 1.807) is 0 Å². The fraction of sp³-hybridized carbons (Fsp3) is 0.176. The summed E-state index contributed by atoms with van der Waals surface area (Å²) in [4.78, 5) is 23.9. The van der Waals surface area contributed by atoms with Gasteiger partial charge in [-0.3, -0.25) is 4.79 Å². The number of methoxy groups -OCH3 is 1. The first kappa shape index (κ1) is 14.9. The van der Waals surface area contributed by atoms with E-state index in [4.69, 9.17) is 9.47 Å². The van der Waals surface area contributed by atoms with Crippen molar-refractivity contribution < 1.29 is 28.9 Å². The van der Waals surface area contributed by atoms with Crippen LogP contribution < -0.4 is 9.47 Å². The number of hydrogen-bond acceptors (Lipinski definition) is 6. The summed E-state index contributed by atoms with van der Waals surface area (Å²) in [5.41, 5.74) is 0.792. The Kier molecular flexibility index (Phi) is 3.89. The molecule has 3 rings (SSSR count). The van der Waals surface area contributed by atoms with E-state index in [0.717, 1.165) is 0 Å². The summed E-state index contributed by atoms with van der Waals surface area (Å²) < 4.78 is 15.4. The number of hydrogen-bond donors (Lipinski definition) is 1. The number of aromatic hydroxyl groups is 1. The summed E-state index contributed by atoms with van der Waals surface area (Å²) in [7, 11) is 1.29. The predicted molar refractivity (Wildman–Crippen MR) is 80.3 cm³/mol. The fourth-order valence-electron chi connectivity index (χ4n) is 2.29. The van der Waals surface area contributed by atoms with E-state index in [2.05, 4.69) is 4.74 Å². The standard InChI is InChI=1S/C17H14O6/c1-21-17(20)11-4-2-10(3-5-11)16(19)12-8-14-15(9-13(12)18)23-7-6-22-14/h2-5,8-9,18H,6-7H2,1H3. The van der Waals surface area contributed by atoms with Gasteiger partial charge in [-0.15, -0.1) is 0 Å². The van der Waals surface area contributed by atoms with E-state index in [0.29, 0.717) is 35.8 Å². The van der Waals surface area contributed by atoms with Crippen LogP contribution in [0.3, 0.4) is 0 Å². The molecule has 1 heterocycles. The molecule has 1 aliphatic rings. The molecule has 0 saturated carbocycles. The van der Waals surface area contributed by atoms with Crippen LogP contribution in [0.15, 0.2) is 36.4 Å². The Bertz CT molecular complexity index is 763. The van der Waals surface area contributed by atoms with Crippen LogP contribution in [0, 0.1) is 0 Å². The van der Waals surface area contributed by atoms with Crippen molar-refractivity contribution in [1.29, 1.82) is 0 Å². The van der Waals surface area contributed by atoms with Crippen LogP contribution in [0.1, 0.15) is 26.3 Å². The summed E-state index contributed by atoms with van der Waals surface area (Å²) in [6, 6.07) is 8.82. The number of ketones is 1. The van der Waals surface area contributed by atoms with Crippen molar-refractivity contribution in [2.24, 2.45) is 0 Å². The molecular formula is C17H14O6. The molecule has 0 amide bonds. The normalized spacial score (nSPS) is 12.6. The zero-order valence-electron chi connectivity index (χ0n) is 12.4. The first-order valence-corrected chi connectivity index (χ1v) is 6.96. The van der Waals surface area contributed by atoms with E-state index in [1.165, 1.54) is 43.5 Å². The Balaban J connectivity index is 1.92. The van der Waals surface area contributed by atoms with E-state index < -0.39 is 5.97 Å². The van der Waals surface area contributed by atoms with Crippen LogP contribution in [-0.4, -0.2) is 37.2 Å². The maximum absolute atomic E-state index is 12.5. The first-order valence-electron chi connectivity index (χ1n) is 6.96. The number of esters is 1. The number of ether oxygens (including phenoxy) is 3. The lowest BCUT2D eigenvalue weighted by Crippen LogP contribution is -2.16. The second-order valence-electron chi connectivity index (χ2n) is 4.91. The molecule has 1 N–H and O–H groups in total. The SMILES string of the molecule is COC(=O)c1ccc(C(=O)c2cc3c(cc2O)OCCO3)cc1. The van der Waals surface area contributed by atoms with Gasteiger partial charge in [-0.25, -0.2) is 4.79 Å². The summed E-state index contributed by atoms with van der Waals surface area (Å²) in [5, 5.41) is 10.0. The Labute approximate surface area is 132 Å². The van der Waals surface area contributed by atoms with Gasteiger partial charge in [0.15, 0.2) is 17.3 Å². The maximum Gasteiger partial charge on any atom is 0.337 e. The highest BCUT2D eigenvalue weighted by molar-refractivity contribution is 6.11. The lowest BCUT2D eigenvalue weighted by atomic mass is 10.0. The van der Waals surface area contributed by atoms with Gasteiger partial charge in [0.1, 0.15) is 19.0 Å². The molecule has 0 aromatic heterocycles. The Hall–Kier alpha value is -3.02. The molecule has 0 atom stereocenters. The van der Waals surface area contributed by atoms with Crippen molar-refractivity contribution >= 4 is 11.8 Å². The number of benzene rings is 2. The lowest BCUT2D eigenvalue weighted by molar-refractivity contribution is 0.0600. The molecule has 0 bridgehead atoms. The van der Waals surface area contributed by atoms with E-state index >= 15 is 0 Å². The number of fused-ring (bicyclic) bond motifs is 1. The number of rotatable bonds is 3. The molecule has 6 nitrogen and oxygen atoms in total. The molecule has 118 valence electrons. The van der Waals surface area contributed by atoms with Crippen LogP contribution in [0.4, 0.5) is 0 Å². The summed E-state index contributed by atoms with van der Waals surface area (Å²) in [6.07, 6.45) is 0. The van der Waals surface area contributed by atoms with Gasteiger partial charge < -0.3 is 19.3 Å². The molecule has 0 spiro atoms. The highest BCUT2D eigenvalue weighted by Gasteiger charge is 2.20.